The first kappa shape index (κ1) is 18.7. The molecule has 0 unspecified atom stereocenters. The molecular formula is C21H18Cl2N4O. The van der Waals surface area contributed by atoms with Crippen molar-refractivity contribution >= 4 is 23.2 Å². The van der Waals surface area contributed by atoms with E-state index in [2.05, 4.69) is 10.4 Å². The van der Waals surface area contributed by atoms with Gasteiger partial charge in [-0.3, -0.25) is 0 Å². The van der Waals surface area contributed by atoms with Gasteiger partial charge in [0.15, 0.2) is 0 Å². The first-order chi connectivity index (χ1) is 13.7. The molecule has 0 saturated heterocycles. The lowest BCUT2D eigenvalue weighted by atomic mass is 10.1. The van der Waals surface area contributed by atoms with Crippen LogP contribution < -0.4 is 5.32 Å². The number of nitrogens with zero attached hydrogens (tertiary/aromatic N) is 3. The van der Waals surface area contributed by atoms with E-state index in [4.69, 9.17) is 32.7 Å². The Morgan fingerprint density at radius 1 is 0.893 bits per heavy atom. The number of benzene rings is 2. The minimum Gasteiger partial charge on any atom is -0.468 e. The number of halogens is 2. The van der Waals surface area contributed by atoms with Crippen molar-refractivity contribution < 1.29 is 4.42 Å². The van der Waals surface area contributed by atoms with Crippen LogP contribution in [0.4, 0.5) is 0 Å². The summed E-state index contributed by atoms with van der Waals surface area (Å²) in [5, 5.41) is 13.8. The maximum Gasteiger partial charge on any atom is 0.117 e. The van der Waals surface area contributed by atoms with Gasteiger partial charge in [-0.25, -0.2) is 0 Å². The number of aromatic nitrogens is 3. The van der Waals surface area contributed by atoms with Crippen molar-refractivity contribution in [1.82, 2.24) is 20.3 Å². The summed E-state index contributed by atoms with van der Waals surface area (Å²) in [7, 11) is 0. The topological polar surface area (TPSA) is 55.9 Å². The zero-order chi connectivity index (χ0) is 19.3. The van der Waals surface area contributed by atoms with E-state index in [9.17, 15) is 0 Å². The van der Waals surface area contributed by atoms with Gasteiger partial charge in [0.05, 0.1) is 29.4 Å². The van der Waals surface area contributed by atoms with Crippen LogP contribution in [0.3, 0.4) is 0 Å². The molecule has 1 N–H and O–H groups in total. The highest BCUT2D eigenvalue weighted by Gasteiger charge is 2.14. The number of hydrogen-bond acceptors (Lipinski definition) is 4. The van der Waals surface area contributed by atoms with Crippen LogP contribution in [-0.2, 0) is 19.6 Å². The Balaban J connectivity index is 1.57. The van der Waals surface area contributed by atoms with Gasteiger partial charge in [-0.15, -0.1) is 0 Å². The SMILES string of the molecule is Clc1ccc(Cn2nc(CNCc3ccco3)c(-c3ccccc3)n2)cc1Cl. The quantitative estimate of drug-likeness (QED) is 0.454. The van der Waals surface area contributed by atoms with Crippen LogP contribution in [0, 0.1) is 0 Å². The molecule has 142 valence electrons. The Hall–Kier alpha value is -2.60. The molecule has 4 aromatic rings. The van der Waals surface area contributed by atoms with E-state index in [0.29, 0.717) is 29.7 Å². The smallest absolute Gasteiger partial charge is 0.117 e. The Morgan fingerprint density at radius 3 is 2.50 bits per heavy atom. The molecule has 0 bridgehead atoms. The fourth-order valence-corrected chi connectivity index (χ4v) is 3.23. The van der Waals surface area contributed by atoms with E-state index in [1.807, 2.05) is 54.6 Å². The van der Waals surface area contributed by atoms with Gasteiger partial charge in [-0.05, 0) is 29.8 Å². The van der Waals surface area contributed by atoms with E-state index in [-0.39, 0.29) is 0 Å². The lowest BCUT2D eigenvalue weighted by Gasteiger charge is -2.02. The molecule has 2 aromatic heterocycles. The first-order valence-electron chi connectivity index (χ1n) is 8.85. The molecular weight excluding hydrogens is 395 g/mol. The Kier molecular flexibility index (Phi) is 5.76. The lowest BCUT2D eigenvalue weighted by Crippen LogP contribution is -2.13. The van der Waals surface area contributed by atoms with E-state index in [0.717, 1.165) is 28.3 Å². The standard InChI is InChI=1S/C21H18Cl2N4O/c22-18-9-8-15(11-19(18)23)14-27-25-20(13-24-12-17-7-4-10-28-17)21(26-27)16-5-2-1-3-6-16/h1-11,24H,12-14H2. The van der Waals surface area contributed by atoms with Gasteiger partial charge < -0.3 is 9.73 Å². The van der Waals surface area contributed by atoms with Crippen LogP contribution in [0.1, 0.15) is 17.0 Å². The Bertz CT molecular complexity index is 1050. The van der Waals surface area contributed by atoms with Crippen molar-refractivity contribution in [2.24, 2.45) is 0 Å². The summed E-state index contributed by atoms with van der Waals surface area (Å²) in [6.07, 6.45) is 1.67. The Morgan fingerprint density at radius 2 is 1.75 bits per heavy atom. The third-order valence-corrected chi connectivity index (χ3v) is 4.99. The molecule has 0 aliphatic rings. The van der Waals surface area contributed by atoms with Gasteiger partial charge in [0.2, 0.25) is 0 Å². The zero-order valence-corrected chi connectivity index (χ0v) is 16.5. The summed E-state index contributed by atoms with van der Waals surface area (Å²) in [6, 6.07) is 19.4. The third-order valence-electron chi connectivity index (χ3n) is 4.25. The van der Waals surface area contributed by atoms with Crippen LogP contribution in [0.25, 0.3) is 11.3 Å². The van der Waals surface area contributed by atoms with E-state index in [1.165, 1.54) is 0 Å². The molecule has 0 fully saturated rings. The summed E-state index contributed by atoms with van der Waals surface area (Å²) in [4.78, 5) is 1.69. The van der Waals surface area contributed by atoms with Crippen molar-refractivity contribution in [2.75, 3.05) is 0 Å². The average Bonchev–Trinajstić information content (AvgIpc) is 3.36. The van der Waals surface area contributed by atoms with Gasteiger partial charge >= 0.3 is 0 Å². The maximum absolute atomic E-state index is 6.13. The molecule has 4 rings (SSSR count). The van der Waals surface area contributed by atoms with Gasteiger partial charge in [-0.1, -0.05) is 59.6 Å². The summed E-state index contributed by atoms with van der Waals surface area (Å²) in [5.74, 6) is 0.879. The minimum absolute atomic E-state index is 0.509. The Labute approximate surface area is 172 Å². The predicted octanol–water partition coefficient (Wildman–Crippen LogP) is 5.18. The summed E-state index contributed by atoms with van der Waals surface area (Å²) >= 11 is 12.1. The highest BCUT2D eigenvalue weighted by Crippen LogP contribution is 2.24. The fraction of sp³-hybridized carbons (Fsp3) is 0.143. The number of nitrogens with one attached hydrogen (secondary N) is 1. The molecule has 0 aliphatic carbocycles. The maximum atomic E-state index is 6.13. The largest absolute Gasteiger partial charge is 0.468 e. The van der Waals surface area contributed by atoms with E-state index in [1.54, 1.807) is 17.1 Å². The molecule has 0 amide bonds. The second-order valence-corrected chi connectivity index (χ2v) is 7.14. The molecule has 0 radical (unpaired) electrons. The van der Waals surface area contributed by atoms with E-state index >= 15 is 0 Å². The molecule has 7 heteroatoms. The monoisotopic (exact) mass is 412 g/mol. The van der Waals surface area contributed by atoms with Crippen molar-refractivity contribution in [3.8, 4) is 11.3 Å². The average molecular weight is 413 g/mol. The molecule has 28 heavy (non-hydrogen) atoms. The molecule has 2 heterocycles. The van der Waals surface area contributed by atoms with Crippen LogP contribution in [0.2, 0.25) is 10.0 Å². The summed E-state index contributed by atoms with van der Waals surface area (Å²) in [5.41, 5.74) is 3.74. The highest BCUT2D eigenvalue weighted by molar-refractivity contribution is 6.42. The first-order valence-corrected chi connectivity index (χ1v) is 9.61. The second-order valence-electron chi connectivity index (χ2n) is 6.32. The number of furan rings is 1. The normalized spacial score (nSPS) is 11.1. The van der Waals surface area contributed by atoms with Crippen molar-refractivity contribution in [3.05, 3.63) is 94.0 Å². The highest BCUT2D eigenvalue weighted by atomic mass is 35.5. The van der Waals surface area contributed by atoms with Gasteiger partial charge in [0.1, 0.15) is 17.1 Å². The second kappa shape index (κ2) is 8.61. The zero-order valence-electron chi connectivity index (χ0n) is 15.0. The van der Waals surface area contributed by atoms with Crippen LogP contribution >= 0.6 is 23.2 Å². The molecule has 0 spiro atoms. The number of hydrogen-bond donors (Lipinski definition) is 1. The van der Waals surface area contributed by atoms with Gasteiger partial charge in [0.25, 0.3) is 0 Å². The minimum atomic E-state index is 0.509. The summed E-state index contributed by atoms with van der Waals surface area (Å²) < 4.78 is 5.36. The van der Waals surface area contributed by atoms with Crippen molar-refractivity contribution in [1.29, 1.82) is 0 Å². The van der Waals surface area contributed by atoms with Gasteiger partial charge in [-0.2, -0.15) is 15.0 Å². The van der Waals surface area contributed by atoms with Crippen LogP contribution in [0.5, 0.6) is 0 Å². The molecule has 2 aromatic carbocycles. The lowest BCUT2D eigenvalue weighted by molar-refractivity contribution is 0.480. The third kappa shape index (κ3) is 4.44. The molecule has 0 saturated carbocycles. The molecule has 0 aliphatic heterocycles. The van der Waals surface area contributed by atoms with Crippen molar-refractivity contribution in [3.63, 3.8) is 0 Å². The molecule has 0 atom stereocenters. The van der Waals surface area contributed by atoms with Crippen LogP contribution in [-0.4, -0.2) is 15.0 Å². The van der Waals surface area contributed by atoms with E-state index < -0.39 is 0 Å². The fourth-order valence-electron chi connectivity index (χ4n) is 2.91. The predicted molar refractivity (Wildman–Crippen MR) is 110 cm³/mol. The molecule has 5 nitrogen and oxygen atoms in total. The van der Waals surface area contributed by atoms with Crippen LogP contribution in [0.15, 0.2) is 71.3 Å². The summed E-state index contributed by atoms with van der Waals surface area (Å²) in [6.45, 7) is 1.71. The van der Waals surface area contributed by atoms with Crippen molar-refractivity contribution in [2.45, 2.75) is 19.6 Å². The van der Waals surface area contributed by atoms with Gasteiger partial charge in [0, 0.05) is 12.1 Å². The number of rotatable bonds is 7.